The van der Waals surface area contributed by atoms with E-state index in [1.165, 1.54) is 5.56 Å². The molecule has 0 aliphatic heterocycles. The standard InChI is InChI=1S/C17H23N3O/c1-3-9-19-17(21)8-10-18-12-14-5-7-16-15(11-14)6-4-13(2)20-16/h4-7,11,18H,3,8-10,12H2,1-2H3,(H,19,21). The van der Waals surface area contributed by atoms with Gasteiger partial charge in [0.1, 0.15) is 0 Å². The lowest BCUT2D eigenvalue weighted by Crippen LogP contribution is -2.28. The van der Waals surface area contributed by atoms with E-state index in [1.807, 2.05) is 19.1 Å². The minimum atomic E-state index is 0.113. The van der Waals surface area contributed by atoms with Crippen molar-refractivity contribution in [2.75, 3.05) is 13.1 Å². The summed E-state index contributed by atoms with van der Waals surface area (Å²) < 4.78 is 0. The van der Waals surface area contributed by atoms with Gasteiger partial charge in [-0.25, -0.2) is 0 Å². The van der Waals surface area contributed by atoms with Crippen LogP contribution in [0.1, 0.15) is 31.0 Å². The minimum Gasteiger partial charge on any atom is -0.356 e. The summed E-state index contributed by atoms with van der Waals surface area (Å²) in [6.07, 6.45) is 1.50. The molecule has 1 aromatic heterocycles. The Labute approximate surface area is 126 Å². The van der Waals surface area contributed by atoms with Crippen LogP contribution in [0.4, 0.5) is 0 Å². The van der Waals surface area contributed by atoms with Crippen molar-refractivity contribution in [3.8, 4) is 0 Å². The van der Waals surface area contributed by atoms with Crippen molar-refractivity contribution in [3.05, 3.63) is 41.6 Å². The van der Waals surface area contributed by atoms with Crippen molar-refractivity contribution in [2.45, 2.75) is 33.2 Å². The number of fused-ring (bicyclic) bond motifs is 1. The zero-order valence-corrected chi connectivity index (χ0v) is 12.8. The van der Waals surface area contributed by atoms with E-state index in [0.29, 0.717) is 13.0 Å². The van der Waals surface area contributed by atoms with Gasteiger partial charge >= 0.3 is 0 Å². The topological polar surface area (TPSA) is 54.0 Å². The molecule has 0 spiro atoms. The van der Waals surface area contributed by atoms with Gasteiger partial charge in [0.2, 0.25) is 5.91 Å². The van der Waals surface area contributed by atoms with E-state index in [0.717, 1.165) is 36.1 Å². The van der Waals surface area contributed by atoms with Crippen molar-refractivity contribution in [1.82, 2.24) is 15.6 Å². The maximum absolute atomic E-state index is 11.5. The van der Waals surface area contributed by atoms with Gasteiger partial charge in [-0.2, -0.15) is 0 Å². The third kappa shape index (κ3) is 4.83. The molecule has 21 heavy (non-hydrogen) atoms. The third-order valence-corrected chi connectivity index (χ3v) is 3.32. The van der Waals surface area contributed by atoms with Crippen molar-refractivity contribution in [2.24, 2.45) is 0 Å². The highest BCUT2D eigenvalue weighted by Crippen LogP contribution is 2.14. The monoisotopic (exact) mass is 285 g/mol. The van der Waals surface area contributed by atoms with Crippen molar-refractivity contribution < 1.29 is 4.79 Å². The molecule has 0 unspecified atom stereocenters. The summed E-state index contributed by atoms with van der Waals surface area (Å²) in [7, 11) is 0. The number of aryl methyl sites for hydroxylation is 1. The van der Waals surface area contributed by atoms with Crippen molar-refractivity contribution in [3.63, 3.8) is 0 Å². The number of rotatable bonds is 7. The lowest BCUT2D eigenvalue weighted by atomic mass is 10.1. The van der Waals surface area contributed by atoms with E-state index >= 15 is 0 Å². The maximum atomic E-state index is 11.5. The molecule has 0 atom stereocenters. The molecule has 0 aliphatic rings. The summed E-state index contributed by atoms with van der Waals surface area (Å²) in [6, 6.07) is 10.4. The molecule has 0 saturated heterocycles. The number of aromatic nitrogens is 1. The van der Waals surface area contributed by atoms with Crippen LogP contribution in [-0.4, -0.2) is 24.0 Å². The fraction of sp³-hybridized carbons (Fsp3) is 0.412. The average Bonchev–Trinajstić information content (AvgIpc) is 2.49. The predicted molar refractivity (Wildman–Crippen MR) is 86.1 cm³/mol. The molecule has 2 rings (SSSR count). The van der Waals surface area contributed by atoms with E-state index in [-0.39, 0.29) is 5.91 Å². The SMILES string of the molecule is CCCNC(=O)CCNCc1ccc2nc(C)ccc2c1. The quantitative estimate of drug-likeness (QED) is 0.769. The van der Waals surface area contributed by atoms with Gasteiger partial charge in [-0.3, -0.25) is 9.78 Å². The zero-order chi connectivity index (χ0) is 15.1. The summed E-state index contributed by atoms with van der Waals surface area (Å²) in [5.41, 5.74) is 3.27. The largest absolute Gasteiger partial charge is 0.356 e. The highest BCUT2D eigenvalue weighted by molar-refractivity contribution is 5.79. The summed E-state index contributed by atoms with van der Waals surface area (Å²) >= 11 is 0. The summed E-state index contributed by atoms with van der Waals surface area (Å²) in [5, 5.41) is 7.33. The molecular formula is C17H23N3O. The maximum Gasteiger partial charge on any atom is 0.221 e. The Bertz CT molecular complexity index is 610. The van der Waals surface area contributed by atoms with E-state index in [4.69, 9.17) is 0 Å². The predicted octanol–water partition coefficient (Wildman–Crippen LogP) is 2.55. The molecule has 1 aromatic carbocycles. The second kappa shape index (κ2) is 7.74. The molecule has 4 nitrogen and oxygen atoms in total. The number of nitrogens with one attached hydrogen (secondary N) is 2. The number of benzene rings is 1. The molecule has 0 bridgehead atoms. The molecule has 4 heteroatoms. The fourth-order valence-electron chi connectivity index (χ4n) is 2.17. The van der Waals surface area contributed by atoms with Gasteiger partial charge in [-0.15, -0.1) is 0 Å². The minimum absolute atomic E-state index is 0.113. The van der Waals surface area contributed by atoms with E-state index in [1.54, 1.807) is 0 Å². The molecule has 1 heterocycles. The van der Waals surface area contributed by atoms with E-state index in [9.17, 15) is 4.79 Å². The first-order valence-electron chi connectivity index (χ1n) is 7.52. The van der Waals surface area contributed by atoms with Gasteiger partial charge in [0.25, 0.3) is 0 Å². The van der Waals surface area contributed by atoms with Crippen molar-refractivity contribution >= 4 is 16.8 Å². The van der Waals surface area contributed by atoms with Gasteiger partial charge in [0.15, 0.2) is 0 Å². The Hall–Kier alpha value is -1.94. The third-order valence-electron chi connectivity index (χ3n) is 3.32. The highest BCUT2D eigenvalue weighted by Gasteiger charge is 2.01. The molecule has 2 N–H and O–H groups in total. The van der Waals surface area contributed by atoms with Crippen LogP contribution in [0.25, 0.3) is 10.9 Å². The van der Waals surface area contributed by atoms with Crippen LogP contribution in [0.15, 0.2) is 30.3 Å². The van der Waals surface area contributed by atoms with Crippen LogP contribution in [0, 0.1) is 6.92 Å². The molecule has 0 aliphatic carbocycles. The Morgan fingerprint density at radius 3 is 2.86 bits per heavy atom. The van der Waals surface area contributed by atoms with Crippen molar-refractivity contribution in [1.29, 1.82) is 0 Å². The average molecular weight is 285 g/mol. The van der Waals surface area contributed by atoms with Gasteiger partial charge in [-0.1, -0.05) is 19.1 Å². The normalized spacial score (nSPS) is 10.8. The van der Waals surface area contributed by atoms with Gasteiger partial charge < -0.3 is 10.6 Å². The number of amides is 1. The lowest BCUT2D eigenvalue weighted by molar-refractivity contribution is -0.120. The van der Waals surface area contributed by atoms with E-state index < -0.39 is 0 Å². The van der Waals surface area contributed by atoms with Crippen LogP contribution in [0.3, 0.4) is 0 Å². The molecule has 0 saturated carbocycles. The number of nitrogens with zero attached hydrogens (tertiary/aromatic N) is 1. The van der Waals surface area contributed by atoms with Crippen LogP contribution in [-0.2, 0) is 11.3 Å². The van der Waals surface area contributed by atoms with Crippen LogP contribution in [0.2, 0.25) is 0 Å². The summed E-state index contributed by atoms with van der Waals surface area (Å²) in [6.45, 7) is 6.27. The summed E-state index contributed by atoms with van der Waals surface area (Å²) in [5.74, 6) is 0.113. The van der Waals surface area contributed by atoms with Gasteiger partial charge in [0.05, 0.1) is 5.52 Å². The van der Waals surface area contributed by atoms with Crippen LogP contribution < -0.4 is 10.6 Å². The van der Waals surface area contributed by atoms with Gasteiger partial charge in [-0.05, 0) is 37.1 Å². The molecule has 112 valence electrons. The summed E-state index contributed by atoms with van der Waals surface area (Å²) in [4.78, 5) is 16.0. The Balaban J connectivity index is 1.81. The number of carbonyl (C=O) groups excluding carboxylic acids is 1. The first-order valence-corrected chi connectivity index (χ1v) is 7.52. The number of carbonyl (C=O) groups is 1. The zero-order valence-electron chi connectivity index (χ0n) is 12.8. The van der Waals surface area contributed by atoms with Crippen LogP contribution in [0.5, 0.6) is 0 Å². The smallest absolute Gasteiger partial charge is 0.221 e. The molecule has 2 aromatic rings. The van der Waals surface area contributed by atoms with Gasteiger partial charge in [0, 0.05) is 37.1 Å². The molecule has 1 amide bonds. The lowest BCUT2D eigenvalue weighted by Gasteiger charge is -2.07. The van der Waals surface area contributed by atoms with Crippen LogP contribution >= 0.6 is 0 Å². The number of pyridine rings is 1. The first kappa shape index (κ1) is 15.4. The Morgan fingerprint density at radius 1 is 1.19 bits per heavy atom. The Morgan fingerprint density at radius 2 is 2.05 bits per heavy atom. The second-order valence-corrected chi connectivity index (χ2v) is 5.26. The first-order chi connectivity index (χ1) is 10.2. The Kier molecular flexibility index (Phi) is 5.69. The molecule has 0 radical (unpaired) electrons. The highest BCUT2D eigenvalue weighted by atomic mass is 16.1. The second-order valence-electron chi connectivity index (χ2n) is 5.26. The fourth-order valence-corrected chi connectivity index (χ4v) is 2.17. The number of hydrogen-bond acceptors (Lipinski definition) is 3. The van der Waals surface area contributed by atoms with E-state index in [2.05, 4.69) is 40.7 Å². The molecule has 0 fully saturated rings. The number of hydrogen-bond donors (Lipinski definition) is 2. The molecular weight excluding hydrogens is 262 g/mol.